The molecule has 0 radical (unpaired) electrons. The smallest absolute Gasteiger partial charge is 0.369 e. The molecule has 0 aromatic carbocycles. The van der Waals surface area contributed by atoms with Gasteiger partial charge in [0.15, 0.2) is 0 Å². The molecule has 1 nitrogen and oxygen atoms in total. The van der Waals surface area contributed by atoms with Crippen LogP contribution in [-0.4, -0.2) is 18.9 Å². The van der Waals surface area contributed by atoms with Crippen molar-refractivity contribution in [3.63, 3.8) is 0 Å². The van der Waals surface area contributed by atoms with E-state index in [1.165, 1.54) is 19.3 Å². The predicted molar refractivity (Wildman–Crippen MR) is 57.5 cm³/mol. The molecule has 17 heavy (non-hydrogen) atoms. The molecular formula is C13H19F3O. The first-order valence-corrected chi connectivity index (χ1v) is 6.68. The highest BCUT2D eigenvalue weighted by molar-refractivity contribution is 4.94. The topological polar surface area (TPSA) is 9.23 Å². The fourth-order valence-electron chi connectivity index (χ4n) is 4.46. The molecule has 98 valence electrons. The van der Waals surface area contributed by atoms with E-state index in [1.54, 1.807) is 0 Å². The van der Waals surface area contributed by atoms with Crippen molar-refractivity contribution in [1.29, 1.82) is 0 Å². The molecule has 4 bridgehead atoms. The highest BCUT2D eigenvalue weighted by atomic mass is 19.4. The number of alkyl halides is 3. The van der Waals surface area contributed by atoms with E-state index >= 15 is 0 Å². The van der Waals surface area contributed by atoms with Crippen molar-refractivity contribution in [3.05, 3.63) is 0 Å². The maximum Gasteiger partial charge on any atom is 0.411 e. The molecule has 4 heteroatoms. The second kappa shape index (κ2) is 4.15. The summed E-state index contributed by atoms with van der Waals surface area (Å²) < 4.78 is 41.8. The van der Waals surface area contributed by atoms with Crippen LogP contribution in [0, 0.1) is 23.7 Å². The van der Waals surface area contributed by atoms with Gasteiger partial charge in [0.25, 0.3) is 0 Å². The SMILES string of the molecule is FC(F)(F)COC1CC2C[C@@H]3CC1C[C@H](C2)C3. The minimum absolute atomic E-state index is 0.128. The maximum atomic E-state index is 12.2. The number of fused-ring (bicyclic) bond motifs is 1. The quantitative estimate of drug-likeness (QED) is 0.722. The van der Waals surface area contributed by atoms with Crippen LogP contribution >= 0.6 is 0 Å². The zero-order valence-electron chi connectivity index (χ0n) is 9.88. The molecule has 3 unspecified atom stereocenters. The Balaban J connectivity index is 1.66. The largest absolute Gasteiger partial charge is 0.411 e. The van der Waals surface area contributed by atoms with Gasteiger partial charge in [-0.15, -0.1) is 0 Å². The molecule has 0 aromatic heterocycles. The lowest BCUT2D eigenvalue weighted by atomic mass is 9.68. The van der Waals surface area contributed by atoms with Crippen LogP contribution in [0.15, 0.2) is 0 Å². The average molecular weight is 248 g/mol. The van der Waals surface area contributed by atoms with Gasteiger partial charge in [0.2, 0.25) is 0 Å². The van der Waals surface area contributed by atoms with Gasteiger partial charge < -0.3 is 4.74 Å². The van der Waals surface area contributed by atoms with Crippen LogP contribution in [0.5, 0.6) is 0 Å². The first-order chi connectivity index (χ1) is 7.99. The number of halogens is 3. The summed E-state index contributed by atoms with van der Waals surface area (Å²) in [5.41, 5.74) is 0. The van der Waals surface area contributed by atoms with Crippen LogP contribution in [0.3, 0.4) is 0 Å². The molecular weight excluding hydrogens is 229 g/mol. The van der Waals surface area contributed by atoms with Gasteiger partial charge >= 0.3 is 6.18 Å². The van der Waals surface area contributed by atoms with E-state index in [9.17, 15) is 13.2 Å². The van der Waals surface area contributed by atoms with Crippen molar-refractivity contribution >= 4 is 0 Å². The Bertz CT molecular complexity index is 275. The lowest BCUT2D eigenvalue weighted by molar-refractivity contribution is -0.192. The van der Waals surface area contributed by atoms with Crippen LogP contribution in [0.1, 0.15) is 38.5 Å². The summed E-state index contributed by atoms with van der Waals surface area (Å²) in [6.07, 6.45) is 2.57. The summed E-state index contributed by atoms with van der Waals surface area (Å²) in [5, 5.41) is 0. The van der Waals surface area contributed by atoms with Crippen LogP contribution in [0.2, 0.25) is 0 Å². The maximum absolute atomic E-state index is 12.2. The fraction of sp³-hybridized carbons (Fsp3) is 1.00. The average Bonchev–Trinajstić information content (AvgIpc) is 2.39. The number of rotatable bonds is 2. The van der Waals surface area contributed by atoms with E-state index in [0.717, 1.165) is 31.1 Å². The summed E-state index contributed by atoms with van der Waals surface area (Å²) in [6, 6.07) is 0. The number of hydrogen-bond donors (Lipinski definition) is 0. The molecule has 0 N–H and O–H groups in total. The van der Waals surface area contributed by atoms with Crippen LogP contribution < -0.4 is 0 Å². The predicted octanol–water partition coefficient (Wildman–Crippen LogP) is 3.78. The van der Waals surface area contributed by atoms with E-state index in [2.05, 4.69) is 0 Å². The summed E-state index contributed by atoms with van der Waals surface area (Å²) in [6.45, 7) is -1.06. The third-order valence-corrected chi connectivity index (χ3v) is 4.82. The minimum atomic E-state index is -4.18. The standard InChI is InChI=1S/C13H19F3O/c14-13(15,16)7-17-12-6-10-2-8-1-9(3-10)5-11(12)4-8/h8-12H,1-7H2/t8-,9+,10?,11?,12?. The van der Waals surface area contributed by atoms with Gasteiger partial charge in [-0.2, -0.15) is 13.2 Å². The van der Waals surface area contributed by atoms with Crippen molar-refractivity contribution in [3.8, 4) is 0 Å². The Morgan fingerprint density at radius 1 is 0.824 bits per heavy atom. The molecule has 4 rings (SSSR count). The number of ether oxygens (including phenoxy) is 1. The second-order valence-electron chi connectivity index (χ2n) is 6.24. The van der Waals surface area contributed by atoms with Gasteiger partial charge in [0.1, 0.15) is 6.61 Å². The molecule has 0 amide bonds. The Morgan fingerprint density at radius 2 is 1.35 bits per heavy atom. The molecule has 4 saturated carbocycles. The van der Waals surface area contributed by atoms with Crippen LogP contribution in [0.4, 0.5) is 13.2 Å². The van der Waals surface area contributed by atoms with E-state index in [1.807, 2.05) is 0 Å². The molecule has 0 saturated heterocycles. The molecule has 0 spiro atoms. The van der Waals surface area contributed by atoms with Gasteiger partial charge in [0, 0.05) is 0 Å². The molecule has 0 aromatic rings. The Labute approximate surface area is 99.7 Å². The Kier molecular flexibility index (Phi) is 2.88. The van der Waals surface area contributed by atoms with Crippen molar-refractivity contribution < 1.29 is 17.9 Å². The lowest BCUT2D eigenvalue weighted by Gasteiger charge is -2.38. The van der Waals surface area contributed by atoms with Crippen molar-refractivity contribution in [2.45, 2.75) is 50.8 Å². The van der Waals surface area contributed by atoms with Crippen molar-refractivity contribution in [2.75, 3.05) is 6.61 Å². The molecule has 0 heterocycles. The van der Waals surface area contributed by atoms with Crippen LogP contribution in [-0.2, 0) is 4.74 Å². The first kappa shape index (κ1) is 11.8. The lowest BCUT2D eigenvalue weighted by Crippen LogP contribution is -2.32. The second-order valence-corrected chi connectivity index (χ2v) is 6.24. The normalized spacial score (nSPS) is 45.0. The molecule has 4 fully saturated rings. The Hall–Kier alpha value is -0.250. The van der Waals surface area contributed by atoms with Crippen molar-refractivity contribution in [1.82, 2.24) is 0 Å². The summed E-state index contributed by atoms with van der Waals surface area (Å²) in [5.74, 6) is 2.58. The molecule has 0 aliphatic heterocycles. The first-order valence-electron chi connectivity index (χ1n) is 6.68. The third kappa shape index (κ3) is 2.61. The monoisotopic (exact) mass is 248 g/mol. The minimum Gasteiger partial charge on any atom is -0.369 e. The van der Waals surface area contributed by atoms with Crippen LogP contribution in [0.25, 0.3) is 0 Å². The van der Waals surface area contributed by atoms with E-state index < -0.39 is 12.8 Å². The van der Waals surface area contributed by atoms with Crippen molar-refractivity contribution in [2.24, 2.45) is 23.7 Å². The highest BCUT2D eigenvalue weighted by Crippen LogP contribution is 2.51. The van der Waals surface area contributed by atoms with E-state index in [-0.39, 0.29) is 6.10 Å². The molecule has 4 aliphatic rings. The third-order valence-electron chi connectivity index (χ3n) is 4.82. The zero-order valence-corrected chi connectivity index (χ0v) is 9.88. The van der Waals surface area contributed by atoms with Gasteiger partial charge in [0.05, 0.1) is 6.10 Å². The molecule has 5 atom stereocenters. The summed E-state index contributed by atoms with van der Waals surface area (Å²) in [7, 11) is 0. The Morgan fingerprint density at radius 3 is 1.88 bits per heavy atom. The summed E-state index contributed by atoms with van der Waals surface area (Å²) >= 11 is 0. The fourth-order valence-corrected chi connectivity index (χ4v) is 4.46. The number of hydrogen-bond acceptors (Lipinski definition) is 1. The van der Waals surface area contributed by atoms with Gasteiger partial charge in [-0.1, -0.05) is 0 Å². The molecule has 4 aliphatic carbocycles. The summed E-state index contributed by atoms with van der Waals surface area (Å²) in [4.78, 5) is 0. The van der Waals surface area contributed by atoms with Gasteiger partial charge in [-0.05, 0) is 62.2 Å². The van der Waals surface area contributed by atoms with Gasteiger partial charge in [-0.25, -0.2) is 0 Å². The van der Waals surface area contributed by atoms with Gasteiger partial charge in [-0.3, -0.25) is 0 Å². The zero-order chi connectivity index (χ0) is 12.0. The van der Waals surface area contributed by atoms with E-state index in [4.69, 9.17) is 4.74 Å². The highest BCUT2D eigenvalue weighted by Gasteiger charge is 2.44. The van der Waals surface area contributed by atoms with E-state index in [0.29, 0.717) is 11.8 Å².